The Bertz CT molecular complexity index is 456. The van der Waals surface area contributed by atoms with Crippen molar-refractivity contribution in [3.63, 3.8) is 0 Å². The van der Waals surface area contributed by atoms with Crippen LogP contribution in [0.15, 0.2) is 24.3 Å². The van der Waals surface area contributed by atoms with Crippen molar-refractivity contribution in [1.29, 1.82) is 0 Å². The highest BCUT2D eigenvalue weighted by atomic mass is 16.5. The minimum Gasteiger partial charge on any atom is -0.373 e. The van der Waals surface area contributed by atoms with Crippen LogP contribution < -0.4 is 11.1 Å². The molecule has 1 amide bonds. The Morgan fingerprint density at radius 2 is 2.14 bits per heavy atom. The number of rotatable bonds is 5. The second-order valence-corrected chi connectivity index (χ2v) is 6.01. The van der Waals surface area contributed by atoms with Crippen LogP contribution in [0, 0.1) is 12.8 Å². The fourth-order valence-corrected chi connectivity index (χ4v) is 2.69. The van der Waals surface area contributed by atoms with Crippen LogP contribution in [0.3, 0.4) is 0 Å². The first-order chi connectivity index (χ1) is 10.1. The molecule has 1 aromatic rings. The van der Waals surface area contributed by atoms with Crippen molar-refractivity contribution in [2.24, 2.45) is 11.7 Å². The Labute approximate surface area is 127 Å². The van der Waals surface area contributed by atoms with E-state index < -0.39 is 0 Å². The average molecular weight is 290 g/mol. The molecule has 1 heterocycles. The lowest BCUT2D eigenvalue weighted by atomic mass is 9.88. The Morgan fingerprint density at radius 1 is 1.43 bits per heavy atom. The maximum Gasteiger partial charge on any atom is 0.226 e. The summed E-state index contributed by atoms with van der Waals surface area (Å²) in [4.78, 5) is 12.4. The molecule has 0 radical (unpaired) electrons. The van der Waals surface area contributed by atoms with Crippen molar-refractivity contribution < 1.29 is 9.53 Å². The molecule has 1 saturated heterocycles. The lowest BCUT2D eigenvalue weighted by molar-refractivity contribution is -0.134. The summed E-state index contributed by atoms with van der Waals surface area (Å²) in [5.74, 6) is -0.0181. The van der Waals surface area contributed by atoms with E-state index in [1.165, 1.54) is 5.56 Å². The first kappa shape index (κ1) is 16.0. The van der Waals surface area contributed by atoms with Crippen molar-refractivity contribution in [2.75, 3.05) is 13.2 Å². The van der Waals surface area contributed by atoms with E-state index in [9.17, 15) is 4.79 Å². The zero-order valence-electron chi connectivity index (χ0n) is 13.0. The van der Waals surface area contributed by atoms with Crippen LogP contribution in [-0.2, 0) is 9.53 Å². The van der Waals surface area contributed by atoms with Gasteiger partial charge >= 0.3 is 0 Å². The molecule has 116 valence electrons. The number of amides is 1. The molecule has 1 aromatic carbocycles. The van der Waals surface area contributed by atoms with Gasteiger partial charge in [0.25, 0.3) is 0 Å². The number of benzene rings is 1. The highest BCUT2D eigenvalue weighted by Gasteiger charge is 2.32. The summed E-state index contributed by atoms with van der Waals surface area (Å²) in [6.07, 6.45) is 2.49. The molecule has 4 heteroatoms. The maximum atomic E-state index is 12.4. The molecule has 3 unspecified atom stereocenters. The molecule has 0 aliphatic carbocycles. The quantitative estimate of drug-likeness (QED) is 0.874. The van der Waals surface area contributed by atoms with Gasteiger partial charge in [-0.2, -0.15) is 0 Å². The van der Waals surface area contributed by atoms with Crippen molar-refractivity contribution in [1.82, 2.24) is 5.32 Å². The van der Waals surface area contributed by atoms with E-state index in [2.05, 4.69) is 36.5 Å². The Balaban J connectivity index is 2.01. The second-order valence-electron chi connectivity index (χ2n) is 6.01. The van der Waals surface area contributed by atoms with E-state index in [4.69, 9.17) is 10.5 Å². The van der Waals surface area contributed by atoms with E-state index >= 15 is 0 Å². The molecule has 2 rings (SSSR count). The summed E-state index contributed by atoms with van der Waals surface area (Å²) < 4.78 is 5.88. The van der Waals surface area contributed by atoms with Crippen LogP contribution in [0.4, 0.5) is 0 Å². The number of nitrogens with one attached hydrogen (secondary N) is 1. The molecule has 0 bridgehead atoms. The van der Waals surface area contributed by atoms with Crippen molar-refractivity contribution in [3.8, 4) is 0 Å². The van der Waals surface area contributed by atoms with Crippen LogP contribution in [0.5, 0.6) is 0 Å². The van der Waals surface area contributed by atoms with Gasteiger partial charge in [-0.1, -0.05) is 29.8 Å². The summed E-state index contributed by atoms with van der Waals surface area (Å²) in [6, 6.07) is 8.37. The first-order valence-corrected chi connectivity index (χ1v) is 7.79. The zero-order chi connectivity index (χ0) is 15.2. The molecule has 4 nitrogen and oxygen atoms in total. The molecule has 1 aliphatic rings. The third kappa shape index (κ3) is 4.55. The molecular weight excluding hydrogens is 264 g/mol. The van der Waals surface area contributed by atoms with Crippen LogP contribution >= 0.6 is 0 Å². The SMILES string of the molecule is Cc1ccc(C2OCCCC2C(=O)NCCC(C)N)cc1. The summed E-state index contributed by atoms with van der Waals surface area (Å²) in [6.45, 7) is 5.37. The Hall–Kier alpha value is -1.39. The summed E-state index contributed by atoms with van der Waals surface area (Å²) >= 11 is 0. The lowest BCUT2D eigenvalue weighted by Crippen LogP contribution is -2.39. The lowest BCUT2D eigenvalue weighted by Gasteiger charge is -2.31. The molecular formula is C17H26N2O2. The van der Waals surface area contributed by atoms with Gasteiger partial charge in [0.05, 0.1) is 12.0 Å². The molecule has 0 aromatic heterocycles. The van der Waals surface area contributed by atoms with Crippen LogP contribution in [0.2, 0.25) is 0 Å². The number of nitrogens with two attached hydrogens (primary N) is 1. The van der Waals surface area contributed by atoms with Crippen LogP contribution in [0.25, 0.3) is 0 Å². The normalized spacial score (nSPS) is 23.6. The third-order valence-corrected chi connectivity index (χ3v) is 3.96. The van der Waals surface area contributed by atoms with Gasteiger partial charge in [0.2, 0.25) is 5.91 Å². The fourth-order valence-electron chi connectivity index (χ4n) is 2.69. The standard InChI is InChI=1S/C17H26N2O2/c1-12-5-7-14(8-6-12)16-15(4-3-11-21-16)17(20)19-10-9-13(2)18/h5-8,13,15-16H,3-4,9-11,18H2,1-2H3,(H,19,20). The molecule has 1 aliphatic heterocycles. The Kier molecular flexibility index (Phi) is 5.76. The van der Waals surface area contributed by atoms with Gasteiger partial charge in [0, 0.05) is 19.2 Å². The molecule has 3 N–H and O–H groups in total. The van der Waals surface area contributed by atoms with Crippen molar-refractivity contribution in [3.05, 3.63) is 35.4 Å². The summed E-state index contributed by atoms with van der Waals surface area (Å²) in [5.41, 5.74) is 8.02. The molecule has 0 saturated carbocycles. The number of aryl methyl sites for hydroxylation is 1. The van der Waals surface area contributed by atoms with Gasteiger partial charge < -0.3 is 15.8 Å². The second kappa shape index (κ2) is 7.57. The van der Waals surface area contributed by atoms with Gasteiger partial charge in [-0.05, 0) is 38.7 Å². The number of carbonyl (C=O) groups is 1. The number of carbonyl (C=O) groups excluding carboxylic acids is 1. The van der Waals surface area contributed by atoms with Gasteiger partial charge in [-0.25, -0.2) is 0 Å². The maximum absolute atomic E-state index is 12.4. The first-order valence-electron chi connectivity index (χ1n) is 7.79. The molecule has 3 atom stereocenters. The molecule has 0 spiro atoms. The van der Waals surface area contributed by atoms with Crippen LogP contribution in [0.1, 0.15) is 43.4 Å². The molecule has 21 heavy (non-hydrogen) atoms. The predicted octanol–water partition coefficient (Wildman–Crippen LogP) is 2.32. The van der Waals surface area contributed by atoms with E-state index in [-0.39, 0.29) is 24.0 Å². The number of hydrogen-bond acceptors (Lipinski definition) is 3. The van der Waals surface area contributed by atoms with E-state index in [0.29, 0.717) is 6.54 Å². The summed E-state index contributed by atoms with van der Waals surface area (Å²) in [5, 5.41) is 3.00. The third-order valence-electron chi connectivity index (χ3n) is 3.96. The molecule has 1 fully saturated rings. The van der Waals surface area contributed by atoms with E-state index in [0.717, 1.165) is 31.4 Å². The van der Waals surface area contributed by atoms with Crippen molar-refractivity contribution in [2.45, 2.75) is 45.3 Å². The fraction of sp³-hybridized carbons (Fsp3) is 0.588. The topological polar surface area (TPSA) is 64.3 Å². The van der Waals surface area contributed by atoms with E-state index in [1.807, 2.05) is 6.92 Å². The summed E-state index contributed by atoms with van der Waals surface area (Å²) in [7, 11) is 0. The van der Waals surface area contributed by atoms with Gasteiger partial charge in [-0.15, -0.1) is 0 Å². The Morgan fingerprint density at radius 3 is 2.81 bits per heavy atom. The van der Waals surface area contributed by atoms with Crippen molar-refractivity contribution >= 4 is 5.91 Å². The minimum atomic E-state index is -0.130. The van der Waals surface area contributed by atoms with Gasteiger partial charge in [-0.3, -0.25) is 4.79 Å². The van der Waals surface area contributed by atoms with Gasteiger partial charge in [0.15, 0.2) is 0 Å². The van der Waals surface area contributed by atoms with Crippen LogP contribution in [-0.4, -0.2) is 25.1 Å². The highest BCUT2D eigenvalue weighted by molar-refractivity contribution is 5.79. The predicted molar refractivity (Wildman–Crippen MR) is 83.9 cm³/mol. The zero-order valence-corrected chi connectivity index (χ0v) is 13.0. The number of hydrogen-bond donors (Lipinski definition) is 2. The smallest absolute Gasteiger partial charge is 0.226 e. The minimum absolute atomic E-state index is 0.0842. The number of ether oxygens (including phenoxy) is 1. The largest absolute Gasteiger partial charge is 0.373 e. The monoisotopic (exact) mass is 290 g/mol. The van der Waals surface area contributed by atoms with E-state index in [1.54, 1.807) is 0 Å². The average Bonchev–Trinajstić information content (AvgIpc) is 2.47. The highest BCUT2D eigenvalue weighted by Crippen LogP contribution is 2.33. The van der Waals surface area contributed by atoms with Gasteiger partial charge in [0.1, 0.15) is 0 Å².